The lowest BCUT2D eigenvalue weighted by molar-refractivity contribution is 0.282. The fourth-order valence-electron chi connectivity index (χ4n) is 1.50. The van der Waals surface area contributed by atoms with Crippen LogP contribution >= 0.6 is 11.8 Å². The highest BCUT2D eigenvalue weighted by molar-refractivity contribution is 7.98. The second-order valence-electron chi connectivity index (χ2n) is 3.24. The fourth-order valence-corrected chi connectivity index (χ4v) is 1.85. The summed E-state index contributed by atoms with van der Waals surface area (Å²) in [6.07, 6.45) is 3.68. The number of aromatic nitrogens is 2. The molecule has 0 spiro atoms. The summed E-state index contributed by atoms with van der Waals surface area (Å²) in [5, 5.41) is 10.00. The Morgan fingerprint density at radius 1 is 1.25 bits per heavy atom. The minimum Gasteiger partial charge on any atom is -0.392 e. The SMILES string of the molecule is CSc1nccc(-c2ccccc2CO)n1. The minimum atomic E-state index is 0.0226. The summed E-state index contributed by atoms with van der Waals surface area (Å²) >= 11 is 1.51. The summed E-state index contributed by atoms with van der Waals surface area (Å²) in [6, 6.07) is 9.56. The van der Waals surface area contributed by atoms with Crippen LogP contribution in [0.2, 0.25) is 0 Å². The van der Waals surface area contributed by atoms with Gasteiger partial charge in [0, 0.05) is 11.8 Å². The highest BCUT2D eigenvalue weighted by Gasteiger charge is 2.05. The van der Waals surface area contributed by atoms with E-state index in [1.165, 1.54) is 11.8 Å². The number of benzene rings is 1. The molecule has 0 aliphatic carbocycles. The van der Waals surface area contributed by atoms with E-state index in [4.69, 9.17) is 0 Å². The zero-order chi connectivity index (χ0) is 11.4. The van der Waals surface area contributed by atoms with Gasteiger partial charge in [0.25, 0.3) is 0 Å². The van der Waals surface area contributed by atoms with Crippen LogP contribution in [0, 0.1) is 0 Å². The standard InChI is InChI=1S/C12H12N2OS/c1-16-12-13-7-6-11(14-12)10-5-3-2-4-9(10)8-15/h2-7,15H,8H2,1H3. The average Bonchev–Trinajstić information content (AvgIpc) is 2.38. The van der Waals surface area contributed by atoms with Crippen LogP contribution in [-0.4, -0.2) is 21.3 Å². The van der Waals surface area contributed by atoms with Crippen LogP contribution < -0.4 is 0 Å². The highest BCUT2D eigenvalue weighted by atomic mass is 32.2. The Hall–Kier alpha value is -1.39. The molecule has 0 fully saturated rings. The Bertz CT molecular complexity index is 488. The molecule has 0 aliphatic heterocycles. The predicted molar refractivity (Wildman–Crippen MR) is 65.2 cm³/mol. The number of hydrogen-bond acceptors (Lipinski definition) is 4. The van der Waals surface area contributed by atoms with Gasteiger partial charge in [-0.15, -0.1) is 0 Å². The van der Waals surface area contributed by atoms with Gasteiger partial charge < -0.3 is 5.11 Å². The van der Waals surface area contributed by atoms with Crippen LogP contribution in [0.15, 0.2) is 41.7 Å². The summed E-state index contributed by atoms with van der Waals surface area (Å²) in [6.45, 7) is 0.0226. The van der Waals surface area contributed by atoms with Crippen molar-refractivity contribution in [1.29, 1.82) is 0 Å². The number of rotatable bonds is 3. The topological polar surface area (TPSA) is 46.0 Å². The molecule has 1 heterocycles. The molecule has 1 aromatic heterocycles. The Balaban J connectivity index is 2.49. The van der Waals surface area contributed by atoms with Crippen molar-refractivity contribution in [1.82, 2.24) is 9.97 Å². The van der Waals surface area contributed by atoms with Crippen molar-refractivity contribution in [3.05, 3.63) is 42.1 Å². The number of aliphatic hydroxyl groups is 1. The van der Waals surface area contributed by atoms with E-state index in [0.29, 0.717) is 0 Å². The van der Waals surface area contributed by atoms with E-state index >= 15 is 0 Å². The van der Waals surface area contributed by atoms with E-state index in [9.17, 15) is 5.11 Å². The van der Waals surface area contributed by atoms with E-state index in [1.807, 2.05) is 36.6 Å². The molecule has 0 unspecified atom stereocenters. The van der Waals surface area contributed by atoms with Gasteiger partial charge in [0.05, 0.1) is 12.3 Å². The normalized spacial score (nSPS) is 10.4. The van der Waals surface area contributed by atoms with Crippen molar-refractivity contribution in [3.8, 4) is 11.3 Å². The lowest BCUT2D eigenvalue weighted by atomic mass is 10.1. The molecular formula is C12H12N2OS. The molecule has 16 heavy (non-hydrogen) atoms. The summed E-state index contributed by atoms with van der Waals surface area (Å²) in [5.41, 5.74) is 2.69. The first kappa shape index (κ1) is 11.1. The molecule has 0 amide bonds. The first-order valence-corrected chi connectivity index (χ1v) is 6.14. The molecule has 0 saturated carbocycles. The van der Waals surface area contributed by atoms with Crippen molar-refractivity contribution < 1.29 is 5.11 Å². The van der Waals surface area contributed by atoms with Crippen molar-refractivity contribution in [2.45, 2.75) is 11.8 Å². The lowest BCUT2D eigenvalue weighted by Gasteiger charge is -2.06. The molecule has 2 aromatic rings. The maximum Gasteiger partial charge on any atom is 0.187 e. The Morgan fingerprint density at radius 2 is 2.06 bits per heavy atom. The number of hydrogen-bond donors (Lipinski definition) is 1. The van der Waals surface area contributed by atoms with Crippen molar-refractivity contribution in [2.75, 3.05) is 6.26 Å². The van der Waals surface area contributed by atoms with Gasteiger partial charge in [-0.2, -0.15) is 0 Å². The molecule has 0 saturated heterocycles. The van der Waals surface area contributed by atoms with Crippen LogP contribution in [-0.2, 0) is 6.61 Å². The third kappa shape index (κ3) is 2.23. The van der Waals surface area contributed by atoms with Gasteiger partial charge in [-0.1, -0.05) is 36.0 Å². The van der Waals surface area contributed by atoms with E-state index in [2.05, 4.69) is 9.97 Å². The molecule has 4 heteroatoms. The number of thioether (sulfide) groups is 1. The van der Waals surface area contributed by atoms with E-state index in [1.54, 1.807) is 6.20 Å². The molecule has 2 rings (SSSR count). The van der Waals surface area contributed by atoms with Gasteiger partial charge in [0.15, 0.2) is 5.16 Å². The average molecular weight is 232 g/mol. The maximum atomic E-state index is 9.26. The van der Waals surface area contributed by atoms with Gasteiger partial charge in [-0.3, -0.25) is 0 Å². The molecular weight excluding hydrogens is 220 g/mol. The van der Waals surface area contributed by atoms with Crippen molar-refractivity contribution >= 4 is 11.8 Å². The predicted octanol–water partition coefficient (Wildman–Crippen LogP) is 2.36. The number of aliphatic hydroxyl groups excluding tert-OH is 1. The first-order valence-electron chi connectivity index (χ1n) is 4.91. The van der Waals surface area contributed by atoms with Crippen LogP contribution in [0.4, 0.5) is 0 Å². The highest BCUT2D eigenvalue weighted by Crippen LogP contribution is 2.22. The molecule has 1 aromatic carbocycles. The largest absolute Gasteiger partial charge is 0.392 e. The quantitative estimate of drug-likeness (QED) is 0.652. The van der Waals surface area contributed by atoms with E-state index in [0.717, 1.165) is 22.0 Å². The third-order valence-corrected chi connectivity index (χ3v) is 2.84. The molecule has 82 valence electrons. The maximum absolute atomic E-state index is 9.26. The molecule has 0 radical (unpaired) electrons. The van der Waals surface area contributed by atoms with Crippen molar-refractivity contribution in [2.24, 2.45) is 0 Å². The number of nitrogens with zero attached hydrogens (tertiary/aromatic N) is 2. The van der Waals surface area contributed by atoms with E-state index in [-0.39, 0.29) is 6.61 Å². The second kappa shape index (κ2) is 5.09. The van der Waals surface area contributed by atoms with Gasteiger partial charge in [-0.25, -0.2) is 9.97 Å². The molecule has 0 bridgehead atoms. The summed E-state index contributed by atoms with van der Waals surface area (Å²) in [4.78, 5) is 8.54. The molecule has 0 aliphatic rings. The zero-order valence-electron chi connectivity index (χ0n) is 8.92. The van der Waals surface area contributed by atoms with Gasteiger partial charge in [0.1, 0.15) is 0 Å². The Kier molecular flexibility index (Phi) is 3.54. The van der Waals surface area contributed by atoms with Crippen LogP contribution in [0.1, 0.15) is 5.56 Å². The minimum absolute atomic E-state index is 0.0226. The molecule has 0 atom stereocenters. The Labute approximate surface area is 98.6 Å². The summed E-state index contributed by atoms with van der Waals surface area (Å²) in [5.74, 6) is 0. The molecule has 3 nitrogen and oxygen atoms in total. The van der Waals surface area contributed by atoms with Crippen LogP contribution in [0.25, 0.3) is 11.3 Å². The zero-order valence-corrected chi connectivity index (χ0v) is 9.74. The smallest absolute Gasteiger partial charge is 0.187 e. The third-order valence-electron chi connectivity index (χ3n) is 2.28. The van der Waals surface area contributed by atoms with Gasteiger partial charge in [0.2, 0.25) is 0 Å². The fraction of sp³-hybridized carbons (Fsp3) is 0.167. The van der Waals surface area contributed by atoms with Crippen molar-refractivity contribution in [3.63, 3.8) is 0 Å². The lowest BCUT2D eigenvalue weighted by Crippen LogP contribution is -1.93. The van der Waals surface area contributed by atoms with Crippen LogP contribution in [0.3, 0.4) is 0 Å². The van der Waals surface area contributed by atoms with E-state index < -0.39 is 0 Å². The van der Waals surface area contributed by atoms with Gasteiger partial charge in [-0.05, 0) is 17.9 Å². The summed E-state index contributed by atoms with van der Waals surface area (Å²) in [7, 11) is 0. The monoisotopic (exact) mass is 232 g/mol. The Morgan fingerprint density at radius 3 is 2.81 bits per heavy atom. The summed E-state index contributed by atoms with van der Waals surface area (Å²) < 4.78 is 0. The van der Waals surface area contributed by atoms with Gasteiger partial charge >= 0.3 is 0 Å². The molecule has 1 N–H and O–H groups in total. The van der Waals surface area contributed by atoms with Crippen LogP contribution in [0.5, 0.6) is 0 Å². The second-order valence-corrected chi connectivity index (χ2v) is 4.02. The first-order chi connectivity index (χ1) is 7.85.